The van der Waals surface area contributed by atoms with Crippen LogP contribution in [0, 0.1) is 5.92 Å². The second-order valence-corrected chi connectivity index (χ2v) is 5.36. The zero-order valence-electron chi connectivity index (χ0n) is 11.7. The smallest absolute Gasteiger partial charge is 0.0473 e. The molecule has 0 spiro atoms. The molecule has 2 nitrogen and oxygen atoms in total. The Balaban J connectivity index is 2.18. The van der Waals surface area contributed by atoms with Crippen molar-refractivity contribution in [3.63, 3.8) is 0 Å². The molecule has 0 bridgehead atoms. The van der Waals surface area contributed by atoms with E-state index in [1.54, 1.807) is 0 Å². The number of hydrogen-bond donors (Lipinski definition) is 1. The van der Waals surface area contributed by atoms with Gasteiger partial charge in [0.25, 0.3) is 0 Å². The van der Waals surface area contributed by atoms with E-state index in [1.807, 2.05) is 0 Å². The molecule has 1 aromatic rings. The van der Waals surface area contributed by atoms with E-state index in [0.717, 1.165) is 18.9 Å². The molecule has 1 aliphatic heterocycles. The third kappa shape index (κ3) is 2.76. The molecule has 2 N–H and O–H groups in total. The van der Waals surface area contributed by atoms with E-state index in [-0.39, 0.29) is 0 Å². The molecule has 2 atom stereocenters. The fraction of sp³-hybridized carbons (Fsp3) is 0.625. The molecule has 1 fully saturated rings. The number of likely N-dealkylation sites (tertiary alicyclic amines) is 1. The molecule has 2 rings (SSSR count). The van der Waals surface area contributed by atoms with Gasteiger partial charge >= 0.3 is 0 Å². The normalized spacial score (nSPS) is 22.3. The van der Waals surface area contributed by atoms with Crippen LogP contribution in [0.15, 0.2) is 24.3 Å². The van der Waals surface area contributed by atoms with Gasteiger partial charge in [-0.2, -0.15) is 0 Å². The van der Waals surface area contributed by atoms with Crippen molar-refractivity contribution < 1.29 is 0 Å². The molecule has 0 aromatic heterocycles. The Morgan fingerprint density at radius 3 is 2.72 bits per heavy atom. The van der Waals surface area contributed by atoms with Crippen molar-refractivity contribution in [2.45, 2.75) is 39.2 Å². The van der Waals surface area contributed by atoms with E-state index >= 15 is 0 Å². The maximum Gasteiger partial charge on any atom is 0.0473 e. The van der Waals surface area contributed by atoms with E-state index in [9.17, 15) is 0 Å². The second kappa shape index (κ2) is 6.35. The third-order valence-corrected chi connectivity index (χ3v) is 4.35. The first kappa shape index (κ1) is 13.6. The van der Waals surface area contributed by atoms with Crippen LogP contribution in [0.4, 0.5) is 0 Å². The van der Waals surface area contributed by atoms with Gasteiger partial charge in [0.05, 0.1) is 0 Å². The van der Waals surface area contributed by atoms with Gasteiger partial charge in [0.2, 0.25) is 0 Å². The lowest BCUT2D eigenvalue weighted by Crippen LogP contribution is -2.32. The van der Waals surface area contributed by atoms with E-state index in [2.05, 4.69) is 43.0 Å². The highest BCUT2D eigenvalue weighted by Gasteiger charge is 2.28. The molecule has 2 heteroatoms. The van der Waals surface area contributed by atoms with Crippen LogP contribution < -0.4 is 5.73 Å². The van der Waals surface area contributed by atoms with Crippen LogP contribution in [0.3, 0.4) is 0 Å². The van der Waals surface area contributed by atoms with Gasteiger partial charge in [-0.05, 0) is 36.4 Å². The summed E-state index contributed by atoms with van der Waals surface area (Å²) in [5.74, 6) is 0.868. The van der Waals surface area contributed by atoms with Gasteiger partial charge in [0.1, 0.15) is 0 Å². The number of aryl methyl sites for hydroxylation is 1. The van der Waals surface area contributed by atoms with Crippen molar-refractivity contribution >= 4 is 0 Å². The molecule has 1 saturated heterocycles. The maximum atomic E-state index is 6.05. The minimum absolute atomic E-state index is 0.415. The summed E-state index contributed by atoms with van der Waals surface area (Å²) in [6.07, 6.45) is 3.72. The Bertz CT molecular complexity index is 375. The van der Waals surface area contributed by atoms with Crippen molar-refractivity contribution in [3.8, 4) is 0 Å². The number of rotatable bonds is 5. The van der Waals surface area contributed by atoms with Gasteiger partial charge in [-0.15, -0.1) is 0 Å². The van der Waals surface area contributed by atoms with Crippen molar-refractivity contribution in [2.75, 3.05) is 19.6 Å². The lowest BCUT2D eigenvalue weighted by atomic mass is 9.97. The van der Waals surface area contributed by atoms with E-state index in [4.69, 9.17) is 5.73 Å². The predicted octanol–water partition coefficient (Wildman–Crippen LogP) is 2.98. The summed E-state index contributed by atoms with van der Waals surface area (Å²) in [6.45, 7) is 7.68. The summed E-state index contributed by atoms with van der Waals surface area (Å²) in [7, 11) is 0. The minimum Gasteiger partial charge on any atom is -0.329 e. The summed E-state index contributed by atoms with van der Waals surface area (Å²) in [5.41, 5.74) is 8.95. The summed E-state index contributed by atoms with van der Waals surface area (Å²) in [5, 5.41) is 0. The number of nitrogens with two attached hydrogens (primary N) is 1. The molecule has 0 aliphatic carbocycles. The highest BCUT2D eigenvalue weighted by molar-refractivity contribution is 5.30. The average molecular weight is 246 g/mol. The largest absolute Gasteiger partial charge is 0.329 e. The summed E-state index contributed by atoms with van der Waals surface area (Å²) in [4.78, 5) is 2.59. The number of benzene rings is 1. The average Bonchev–Trinajstić information content (AvgIpc) is 2.89. The molecule has 0 saturated carbocycles. The summed E-state index contributed by atoms with van der Waals surface area (Å²) >= 11 is 0. The van der Waals surface area contributed by atoms with E-state index in [1.165, 1.54) is 37.1 Å². The van der Waals surface area contributed by atoms with E-state index in [0.29, 0.717) is 6.04 Å². The molecular formula is C16H26N2. The number of nitrogens with zero attached hydrogens (tertiary/aromatic N) is 1. The van der Waals surface area contributed by atoms with E-state index < -0.39 is 0 Å². The Morgan fingerprint density at radius 2 is 2.11 bits per heavy atom. The molecule has 100 valence electrons. The summed E-state index contributed by atoms with van der Waals surface area (Å²) < 4.78 is 0. The Labute approximate surface area is 111 Å². The standard InChI is InChI=1S/C16H26N2/c1-3-13-9-10-18(12-13)16(11-17)15-8-6-5-7-14(15)4-2/h5-8,13,16H,3-4,9-12,17H2,1-2H3. The Kier molecular flexibility index (Phi) is 4.79. The highest BCUT2D eigenvalue weighted by atomic mass is 15.2. The van der Waals surface area contributed by atoms with Crippen molar-refractivity contribution in [2.24, 2.45) is 11.7 Å². The third-order valence-electron chi connectivity index (χ3n) is 4.35. The Morgan fingerprint density at radius 1 is 1.33 bits per heavy atom. The number of hydrogen-bond acceptors (Lipinski definition) is 2. The minimum atomic E-state index is 0.415. The van der Waals surface area contributed by atoms with Crippen LogP contribution in [0.1, 0.15) is 43.9 Å². The SMILES string of the molecule is CCc1ccccc1C(CN)N1CCC(CC)C1. The molecule has 1 heterocycles. The van der Waals surface area contributed by atoms with Crippen LogP contribution in [-0.2, 0) is 6.42 Å². The Hall–Kier alpha value is -0.860. The molecule has 1 aliphatic rings. The lowest BCUT2D eigenvalue weighted by molar-refractivity contribution is 0.240. The van der Waals surface area contributed by atoms with Gasteiger partial charge in [-0.3, -0.25) is 4.90 Å². The molecular weight excluding hydrogens is 220 g/mol. The first-order valence-electron chi connectivity index (χ1n) is 7.32. The van der Waals surface area contributed by atoms with Gasteiger partial charge in [0, 0.05) is 19.1 Å². The van der Waals surface area contributed by atoms with Crippen molar-refractivity contribution in [1.82, 2.24) is 4.90 Å². The van der Waals surface area contributed by atoms with Gasteiger partial charge in [0.15, 0.2) is 0 Å². The molecule has 2 unspecified atom stereocenters. The maximum absolute atomic E-state index is 6.05. The zero-order valence-corrected chi connectivity index (χ0v) is 11.7. The fourth-order valence-electron chi connectivity index (χ4n) is 3.13. The van der Waals surface area contributed by atoms with Crippen LogP contribution >= 0.6 is 0 Å². The lowest BCUT2D eigenvalue weighted by Gasteiger charge is -2.28. The monoisotopic (exact) mass is 246 g/mol. The van der Waals surface area contributed by atoms with Gasteiger partial charge < -0.3 is 5.73 Å². The fourth-order valence-corrected chi connectivity index (χ4v) is 3.13. The topological polar surface area (TPSA) is 29.3 Å². The predicted molar refractivity (Wildman–Crippen MR) is 77.6 cm³/mol. The highest BCUT2D eigenvalue weighted by Crippen LogP contribution is 2.30. The molecule has 0 radical (unpaired) electrons. The van der Waals surface area contributed by atoms with Crippen LogP contribution in [0.2, 0.25) is 0 Å². The van der Waals surface area contributed by atoms with Crippen LogP contribution in [0.25, 0.3) is 0 Å². The molecule has 1 aromatic carbocycles. The van der Waals surface area contributed by atoms with Gasteiger partial charge in [-0.1, -0.05) is 44.5 Å². The molecule has 0 amide bonds. The van der Waals surface area contributed by atoms with Crippen LogP contribution in [0.5, 0.6) is 0 Å². The van der Waals surface area contributed by atoms with Crippen LogP contribution in [-0.4, -0.2) is 24.5 Å². The first-order valence-corrected chi connectivity index (χ1v) is 7.32. The van der Waals surface area contributed by atoms with Crippen molar-refractivity contribution in [3.05, 3.63) is 35.4 Å². The summed E-state index contributed by atoms with van der Waals surface area (Å²) in [6, 6.07) is 9.19. The quantitative estimate of drug-likeness (QED) is 0.865. The second-order valence-electron chi connectivity index (χ2n) is 5.36. The zero-order chi connectivity index (χ0) is 13.0. The van der Waals surface area contributed by atoms with Crippen molar-refractivity contribution in [1.29, 1.82) is 0 Å². The van der Waals surface area contributed by atoms with Gasteiger partial charge in [-0.25, -0.2) is 0 Å². The first-order chi connectivity index (χ1) is 8.80. The molecule has 18 heavy (non-hydrogen) atoms.